The van der Waals surface area contributed by atoms with Crippen molar-refractivity contribution in [3.05, 3.63) is 0 Å². The van der Waals surface area contributed by atoms with E-state index in [1.807, 2.05) is 13.8 Å². The van der Waals surface area contributed by atoms with E-state index in [4.69, 9.17) is 22.9 Å². The molecule has 0 radical (unpaired) electrons. The van der Waals surface area contributed by atoms with Gasteiger partial charge in [-0.25, -0.2) is 0 Å². The van der Waals surface area contributed by atoms with Crippen LogP contribution < -0.4 is 44.2 Å². The molecule has 0 bridgehead atoms. The van der Waals surface area contributed by atoms with Crippen LogP contribution in [0.15, 0.2) is 4.99 Å². The summed E-state index contributed by atoms with van der Waals surface area (Å²) in [4.78, 5) is 81.8. The minimum absolute atomic E-state index is 0.0871. The number of carbonyl (C=O) groups excluding carboxylic acids is 6. The molecule has 0 aromatic rings. The molecule has 18 nitrogen and oxygen atoms in total. The summed E-state index contributed by atoms with van der Waals surface area (Å²) in [5.41, 5.74) is 21.8. The normalized spacial score (nSPS) is 18.3. The van der Waals surface area contributed by atoms with Crippen LogP contribution in [0.2, 0.25) is 0 Å². The molecule has 14 N–H and O–H groups in total. The Morgan fingerprint density at radius 3 is 2.07 bits per heavy atom. The van der Waals surface area contributed by atoms with E-state index in [1.54, 1.807) is 0 Å². The Kier molecular flexibility index (Phi) is 17.3. The maximum absolute atomic E-state index is 13.5. The second kappa shape index (κ2) is 19.7. The zero-order valence-electron chi connectivity index (χ0n) is 26.5. The van der Waals surface area contributed by atoms with Crippen molar-refractivity contribution >= 4 is 54.0 Å². The summed E-state index contributed by atoms with van der Waals surface area (Å²) in [6, 6.07) is -7.25. The first kappa shape index (κ1) is 40.3. The zero-order valence-corrected chi connectivity index (χ0v) is 27.4. The molecule has 1 heterocycles. The zero-order chi connectivity index (χ0) is 35.1. The molecule has 262 valence electrons. The summed E-state index contributed by atoms with van der Waals surface area (Å²) in [6.07, 6.45) is -0.0450. The van der Waals surface area contributed by atoms with Crippen molar-refractivity contribution in [2.45, 2.75) is 95.2 Å². The van der Waals surface area contributed by atoms with Crippen LogP contribution in [0, 0.1) is 5.92 Å². The predicted molar refractivity (Wildman–Crippen MR) is 172 cm³/mol. The smallest absolute Gasteiger partial charge is 0.248 e. The van der Waals surface area contributed by atoms with E-state index in [9.17, 15) is 39.0 Å². The molecule has 1 aliphatic rings. The van der Waals surface area contributed by atoms with Crippen LogP contribution in [-0.2, 0) is 28.8 Å². The third kappa shape index (κ3) is 13.0. The number of hydrogen-bond donors (Lipinski definition) is 11. The second-order valence-corrected chi connectivity index (χ2v) is 11.9. The third-order valence-electron chi connectivity index (χ3n) is 7.18. The van der Waals surface area contributed by atoms with E-state index in [1.165, 1.54) is 6.92 Å². The molecule has 0 unspecified atom stereocenters. The molecule has 1 saturated heterocycles. The van der Waals surface area contributed by atoms with Gasteiger partial charge in [0, 0.05) is 18.8 Å². The SMILES string of the molecule is CC(C)C[C@H](N)C(=O)N[C@@H](CS)C(=O)N[C@H](C(=O)N1CCC[C@H]1C(=O)N[C@@H](CO)C(=O)N[C@@H](CCCN=C(N)N)C(N)=O)[C@@H](C)O. The van der Waals surface area contributed by atoms with Crippen molar-refractivity contribution in [2.75, 3.05) is 25.4 Å². The highest BCUT2D eigenvalue weighted by Gasteiger charge is 2.41. The van der Waals surface area contributed by atoms with Gasteiger partial charge in [0.1, 0.15) is 30.2 Å². The Morgan fingerprint density at radius 1 is 0.935 bits per heavy atom. The van der Waals surface area contributed by atoms with Crippen molar-refractivity contribution in [1.82, 2.24) is 26.2 Å². The second-order valence-electron chi connectivity index (χ2n) is 11.6. The van der Waals surface area contributed by atoms with E-state index in [-0.39, 0.29) is 43.6 Å². The number of amides is 6. The lowest BCUT2D eigenvalue weighted by molar-refractivity contribution is -0.144. The van der Waals surface area contributed by atoms with Crippen LogP contribution in [0.5, 0.6) is 0 Å². The summed E-state index contributed by atoms with van der Waals surface area (Å²) in [5.74, 6) is -4.80. The number of guanidine groups is 1. The van der Waals surface area contributed by atoms with Crippen molar-refractivity contribution in [2.24, 2.45) is 33.8 Å². The molecule has 6 amide bonds. The van der Waals surface area contributed by atoms with Gasteiger partial charge in [0.05, 0.1) is 18.8 Å². The molecule has 1 fully saturated rings. The van der Waals surface area contributed by atoms with Gasteiger partial charge in [-0.15, -0.1) is 0 Å². The number of aliphatic hydroxyl groups is 2. The van der Waals surface area contributed by atoms with Crippen LogP contribution in [-0.4, -0.2) is 124 Å². The minimum atomic E-state index is -1.49. The molecule has 0 aromatic heterocycles. The van der Waals surface area contributed by atoms with Crippen LogP contribution in [0.3, 0.4) is 0 Å². The number of rotatable bonds is 19. The number of hydrogen-bond acceptors (Lipinski definition) is 11. The van der Waals surface area contributed by atoms with Crippen molar-refractivity contribution in [3.8, 4) is 0 Å². The maximum atomic E-state index is 13.5. The highest BCUT2D eigenvalue weighted by molar-refractivity contribution is 7.80. The maximum Gasteiger partial charge on any atom is 0.248 e. The molecule has 0 aromatic carbocycles. The standard InChI is InChI=1S/C27H50N10O8S/c1-13(2)10-15(28)22(41)35-18(12-46)24(43)36-20(14(3)39)26(45)37-9-5-7-19(37)25(44)34-17(11-38)23(42)33-16(21(29)40)6-4-8-32-27(30)31/h13-20,38-39,46H,4-12,28H2,1-3H3,(H2,29,40)(H,33,42)(H,34,44)(H,35,41)(H,36,43)(H4,30,31,32)/t14-,15+,16+,17+,18+,19+,20+/m1/s1. The quantitative estimate of drug-likeness (QED) is 0.0267. The Labute approximate surface area is 273 Å². The number of thiol groups is 1. The number of likely N-dealkylation sites (tertiary alicyclic amines) is 1. The number of aliphatic hydroxyl groups excluding tert-OH is 2. The fraction of sp³-hybridized carbons (Fsp3) is 0.741. The van der Waals surface area contributed by atoms with Gasteiger partial charge in [-0.2, -0.15) is 12.6 Å². The number of primary amides is 1. The molecule has 1 rings (SSSR count). The van der Waals surface area contributed by atoms with Crippen LogP contribution in [0.4, 0.5) is 0 Å². The van der Waals surface area contributed by atoms with E-state index in [2.05, 4.69) is 38.9 Å². The van der Waals surface area contributed by atoms with Gasteiger partial charge >= 0.3 is 0 Å². The summed E-state index contributed by atoms with van der Waals surface area (Å²) >= 11 is 4.12. The molecule has 46 heavy (non-hydrogen) atoms. The number of nitrogens with two attached hydrogens (primary N) is 4. The van der Waals surface area contributed by atoms with E-state index >= 15 is 0 Å². The van der Waals surface area contributed by atoms with E-state index in [0.29, 0.717) is 19.3 Å². The van der Waals surface area contributed by atoms with Crippen LogP contribution in [0.25, 0.3) is 0 Å². The average Bonchev–Trinajstić information content (AvgIpc) is 3.47. The summed E-state index contributed by atoms with van der Waals surface area (Å²) in [7, 11) is 0. The van der Waals surface area contributed by atoms with E-state index in [0.717, 1.165) is 4.90 Å². The van der Waals surface area contributed by atoms with Crippen molar-refractivity contribution in [3.63, 3.8) is 0 Å². The first-order valence-corrected chi connectivity index (χ1v) is 15.7. The number of aliphatic imine (C=N–C) groups is 1. The van der Waals surface area contributed by atoms with Crippen molar-refractivity contribution in [1.29, 1.82) is 0 Å². The fourth-order valence-electron chi connectivity index (χ4n) is 4.74. The lowest BCUT2D eigenvalue weighted by atomic mass is 10.0. The van der Waals surface area contributed by atoms with Gasteiger partial charge in [-0.1, -0.05) is 13.8 Å². The third-order valence-corrected chi connectivity index (χ3v) is 7.55. The first-order chi connectivity index (χ1) is 21.5. The monoisotopic (exact) mass is 674 g/mol. The van der Waals surface area contributed by atoms with Crippen molar-refractivity contribution < 1.29 is 39.0 Å². The lowest BCUT2D eigenvalue weighted by Crippen LogP contribution is -2.61. The topological polar surface area (TPSA) is 311 Å². The van der Waals surface area contributed by atoms with Gasteiger partial charge in [0.25, 0.3) is 0 Å². The molecular weight excluding hydrogens is 624 g/mol. The number of nitrogens with zero attached hydrogens (tertiary/aromatic N) is 2. The molecule has 7 atom stereocenters. The highest BCUT2D eigenvalue weighted by atomic mass is 32.1. The van der Waals surface area contributed by atoms with Gasteiger partial charge in [0.2, 0.25) is 35.4 Å². The predicted octanol–water partition coefficient (Wildman–Crippen LogP) is -4.87. The molecule has 19 heteroatoms. The van der Waals surface area contributed by atoms with Crippen LogP contribution >= 0.6 is 12.6 Å². The summed E-state index contributed by atoms with van der Waals surface area (Å²) in [6.45, 7) is 4.50. The average molecular weight is 675 g/mol. The van der Waals surface area contributed by atoms with Gasteiger partial charge in [-0.3, -0.25) is 33.8 Å². The molecular formula is C27H50N10O8S. The Balaban J connectivity index is 2.94. The molecule has 0 aliphatic carbocycles. The number of carbonyl (C=O) groups is 6. The lowest BCUT2D eigenvalue weighted by Gasteiger charge is -2.31. The largest absolute Gasteiger partial charge is 0.394 e. The summed E-state index contributed by atoms with van der Waals surface area (Å²) < 4.78 is 0. The first-order valence-electron chi connectivity index (χ1n) is 15.1. The Bertz CT molecular complexity index is 1100. The van der Waals surface area contributed by atoms with Crippen LogP contribution in [0.1, 0.15) is 52.9 Å². The number of nitrogens with one attached hydrogen (secondary N) is 4. The molecule has 1 aliphatic heterocycles. The van der Waals surface area contributed by atoms with Gasteiger partial charge in [-0.05, 0) is 44.9 Å². The summed E-state index contributed by atoms with van der Waals surface area (Å²) in [5, 5.41) is 29.9. The van der Waals surface area contributed by atoms with E-state index < -0.39 is 84.4 Å². The van der Waals surface area contributed by atoms with Gasteiger partial charge < -0.3 is 59.3 Å². The van der Waals surface area contributed by atoms with Gasteiger partial charge in [0.15, 0.2) is 5.96 Å². The fourth-order valence-corrected chi connectivity index (χ4v) is 4.99. The Morgan fingerprint density at radius 2 is 1.54 bits per heavy atom. The molecule has 0 spiro atoms. The highest BCUT2D eigenvalue weighted by Crippen LogP contribution is 2.20. The molecule has 0 saturated carbocycles. The Hall–Kier alpha value is -3.68. The minimum Gasteiger partial charge on any atom is -0.394 e.